The molecule has 2 atom stereocenters. The summed E-state index contributed by atoms with van der Waals surface area (Å²) in [6.45, 7) is 5.43. The second-order valence-corrected chi connectivity index (χ2v) is 10.9. The van der Waals surface area contributed by atoms with Crippen LogP contribution in [0.5, 0.6) is 5.75 Å². The Bertz CT molecular complexity index is 1820. The van der Waals surface area contributed by atoms with Crippen LogP contribution in [0.15, 0.2) is 73.7 Å². The first-order chi connectivity index (χ1) is 22.6. The number of allylic oxidation sites excluding steroid dienone is 1. The number of hydrogen-bond acceptors (Lipinski definition) is 9. The third-order valence-corrected chi connectivity index (χ3v) is 7.59. The van der Waals surface area contributed by atoms with Crippen molar-refractivity contribution in [2.75, 3.05) is 12.4 Å². The van der Waals surface area contributed by atoms with E-state index in [4.69, 9.17) is 10.1 Å². The first-order valence-corrected chi connectivity index (χ1v) is 15.1. The number of carbonyl (C=O) groups excluding carboxylic acids is 2. The fourth-order valence-corrected chi connectivity index (χ4v) is 5.04. The van der Waals surface area contributed by atoms with Crippen LogP contribution in [-0.2, 0) is 11.2 Å². The highest BCUT2D eigenvalue weighted by Crippen LogP contribution is 2.31. The number of hydrogen-bond donors (Lipinski definition) is 4. The third kappa shape index (κ3) is 8.40. The smallest absolute Gasteiger partial charge is 0.201 e. The molecule has 4 aromatic rings. The van der Waals surface area contributed by atoms with E-state index in [-0.39, 0.29) is 54.9 Å². The molecule has 2 heterocycles. The lowest BCUT2D eigenvalue weighted by Gasteiger charge is -2.12. The Balaban J connectivity index is 1.40. The number of methoxy groups -OCH3 is 1. The first-order valence-electron chi connectivity index (χ1n) is 15.1. The molecule has 4 rings (SSSR count). The number of aliphatic hydroxyl groups excluding tert-OH is 2. The third-order valence-electron chi connectivity index (χ3n) is 7.59. The molecular formula is C35H37F2N5O5. The molecular weight excluding hydrogens is 608 g/mol. The van der Waals surface area contributed by atoms with Gasteiger partial charge in [-0.05, 0) is 74.1 Å². The summed E-state index contributed by atoms with van der Waals surface area (Å²) in [4.78, 5) is 33.8. The largest absolute Gasteiger partial charge is 0.494 e. The number of aryl methyl sites for hydroxylation is 1. The molecule has 2 aromatic carbocycles. The zero-order valence-electron chi connectivity index (χ0n) is 26.2. The number of ketones is 2. The molecule has 0 aliphatic heterocycles. The molecule has 0 aliphatic carbocycles. The SMILES string of the molecule is C=CCC(O)CC(=O)C(=N)CCC(O)C/C=C/C(=O)c1ccc(Nc2nccn3c(-c4ccc(OC)c(F)c4F)cnc23)cc1CC. The molecule has 0 bridgehead atoms. The summed E-state index contributed by atoms with van der Waals surface area (Å²) in [5, 5.41) is 31.1. The number of aliphatic hydroxyl groups is 2. The summed E-state index contributed by atoms with van der Waals surface area (Å²) in [5.41, 5.74) is 2.44. The molecule has 0 saturated heterocycles. The van der Waals surface area contributed by atoms with Gasteiger partial charge in [-0.25, -0.2) is 14.4 Å². The number of halogens is 2. The number of ether oxygens (including phenoxy) is 1. The van der Waals surface area contributed by atoms with E-state index in [9.17, 15) is 28.6 Å². The molecule has 12 heteroatoms. The van der Waals surface area contributed by atoms with E-state index in [1.807, 2.05) is 13.0 Å². The van der Waals surface area contributed by atoms with Crippen molar-refractivity contribution < 1.29 is 33.3 Å². The quantitative estimate of drug-likeness (QED) is 0.0461. The molecule has 246 valence electrons. The normalized spacial score (nSPS) is 12.6. The monoisotopic (exact) mass is 645 g/mol. The summed E-state index contributed by atoms with van der Waals surface area (Å²) < 4.78 is 35.7. The van der Waals surface area contributed by atoms with Gasteiger partial charge in [0.2, 0.25) is 5.82 Å². The number of carbonyl (C=O) groups is 2. The van der Waals surface area contributed by atoms with Crippen LogP contribution < -0.4 is 10.1 Å². The Morgan fingerprint density at radius 1 is 1.13 bits per heavy atom. The molecule has 0 aliphatic rings. The minimum Gasteiger partial charge on any atom is -0.494 e. The molecule has 0 radical (unpaired) electrons. The van der Waals surface area contributed by atoms with Crippen molar-refractivity contribution in [1.29, 1.82) is 5.41 Å². The van der Waals surface area contributed by atoms with Gasteiger partial charge in [-0.1, -0.05) is 19.1 Å². The van der Waals surface area contributed by atoms with E-state index in [0.717, 1.165) is 5.56 Å². The maximum atomic E-state index is 14.8. The Morgan fingerprint density at radius 3 is 2.64 bits per heavy atom. The summed E-state index contributed by atoms with van der Waals surface area (Å²) in [5.74, 6) is -2.70. The van der Waals surface area contributed by atoms with Gasteiger partial charge in [0.1, 0.15) is 0 Å². The number of imidazole rings is 1. The van der Waals surface area contributed by atoms with Gasteiger partial charge < -0.3 is 25.7 Å². The second-order valence-electron chi connectivity index (χ2n) is 10.9. The van der Waals surface area contributed by atoms with Crippen molar-refractivity contribution >= 4 is 34.4 Å². The molecule has 0 fully saturated rings. The average molecular weight is 646 g/mol. The van der Waals surface area contributed by atoms with E-state index in [2.05, 4.69) is 21.9 Å². The number of nitrogens with one attached hydrogen (secondary N) is 2. The van der Waals surface area contributed by atoms with Gasteiger partial charge in [0.25, 0.3) is 0 Å². The van der Waals surface area contributed by atoms with Crippen LogP contribution in [0.25, 0.3) is 16.9 Å². The van der Waals surface area contributed by atoms with Crippen molar-refractivity contribution in [2.24, 2.45) is 0 Å². The fraction of sp³-hybridized carbons (Fsp3) is 0.286. The fourth-order valence-electron chi connectivity index (χ4n) is 5.04. The van der Waals surface area contributed by atoms with Gasteiger partial charge in [-0.15, -0.1) is 6.58 Å². The summed E-state index contributed by atoms with van der Waals surface area (Å²) in [6, 6.07) is 7.99. The number of anilines is 2. The van der Waals surface area contributed by atoms with Crippen molar-refractivity contribution in [3.8, 4) is 17.0 Å². The number of benzene rings is 2. The van der Waals surface area contributed by atoms with E-state index >= 15 is 0 Å². The molecule has 4 N–H and O–H groups in total. The zero-order chi connectivity index (χ0) is 34.1. The van der Waals surface area contributed by atoms with Crippen LogP contribution in [0.1, 0.15) is 54.9 Å². The van der Waals surface area contributed by atoms with E-state index < -0.39 is 29.6 Å². The van der Waals surface area contributed by atoms with Crippen LogP contribution in [0.2, 0.25) is 0 Å². The van der Waals surface area contributed by atoms with Gasteiger partial charge in [-0.3, -0.25) is 14.0 Å². The Kier molecular flexibility index (Phi) is 11.8. The number of nitrogens with zero attached hydrogens (tertiary/aromatic N) is 3. The molecule has 0 amide bonds. The van der Waals surface area contributed by atoms with Crippen LogP contribution in [0.4, 0.5) is 20.3 Å². The number of Topliss-reactive ketones (excluding diaryl/α,β-unsaturated/α-hetero) is 1. The molecule has 0 saturated carbocycles. The highest BCUT2D eigenvalue weighted by molar-refractivity contribution is 6.38. The van der Waals surface area contributed by atoms with Crippen LogP contribution >= 0.6 is 0 Å². The van der Waals surface area contributed by atoms with Crippen molar-refractivity contribution in [3.63, 3.8) is 0 Å². The van der Waals surface area contributed by atoms with Crippen molar-refractivity contribution in [2.45, 2.75) is 57.7 Å². The lowest BCUT2D eigenvalue weighted by atomic mass is 9.99. The zero-order valence-corrected chi connectivity index (χ0v) is 26.2. The molecule has 0 spiro atoms. The van der Waals surface area contributed by atoms with E-state index in [1.54, 1.807) is 28.8 Å². The average Bonchev–Trinajstić information content (AvgIpc) is 3.49. The van der Waals surface area contributed by atoms with Crippen LogP contribution in [-0.4, -0.2) is 61.2 Å². The minimum atomic E-state index is -1.09. The van der Waals surface area contributed by atoms with E-state index in [0.29, 0.717) is 34.8 Å². The Labute approximate surface area is 271 Å². The molecule has 10 nitrogen and oxygen atoms in total. The van der Waals surface area contributed by atoms with Crippen molar-refractivity contribution in [1.82, 2.24) is 14.4 Å². The Morgan fingerprint density at radius 2 is 1.91 bits per heavy atom. The van der Waals surface area contributed by atoms with Gasteiger partial charge in [0.15, 0.2) is 34.6 Å². The lowest BCUT2D eigenvalue weighted by Crippen LogP contribution is -2.21. The van der Waals surface area contributed by atoms with Gasteiger partial charge in [0.05, 0.1) is 36.9 Å². The minimum absolute atomic E-state index is 0.00915. The number of fused-ring (bicyclic) bond motifs is 1. The summed E-state index contributed by atoms with van der Waals surface area (Å²) in [7, 11) is 1.26. The highest BCUT2D eigenvalue weighted by atomic mass is 19.2. The highest BCUT2D eigenvalue weighted by Gasteiger charge is 2.20. The van der Waals surface area contributed by atoms with Crippen LogP contribution in [0.3, 0.4) is 0 Å². The molecule has 2 unspecified atom stereocenters. The predicted octanol–water partition coefficient (Wildman–Crippen LogP) is 6.18. The maximum absolute atomic E-state index is 14.8. The molecule has 47 heavy (non-hydrogen) atoms. The van der Waals surface area contributed by atoms with Gasteiger partial charge >= 0.3 is 0 Å². The van der Waals surface area contributed by atoms with Gasteiger partial charge in [0, 0.05) is 35.6 Å². The summed E-state index contributed by atoms with van der Waals surface area (Å²) in [6.07, 6.45) is 8.33. The van der Waals surface area contributed by atoms with E-state index in [1.165, 1.54) is 43.8 Å². The predicted molar refractivity (Wildman–Crippen MR) is 175 cm³/mol. The standard InChI is InChI=1S/C35H37F2N5O5/c1-4-7-24(44)19-30(46)27(38)14-11-23(43)8-6-9-29(45)25-12-10-22(18-21(25)5-2)41-34-35-40-20-28(42(35)17-16-39-34)26-13-15-31(47-3)33(37)32(26)36/h4,6,9-10,12-13,15-18,20,23-24,38,43-44H,1,5,7-8,11,14,19H2,2-3H3,(H,39,41)/b9-6+,38-27?. The van der Waals surface area contributed by atoms with Gasteiger partial charge in [-0.2, -0.15) is 4.39 Å². The lowest BCUT2D eigenvalue weighted by molar-refractivity contribution is -0.114. The number of rotatable bonds is 17. The molecule has 2 aromatic heterocycles. The van der Waals surface area contributed by atoms with Crippen LogP contribution in [0, 0.1) is 17.0 Å². The maximum Gasteiger partial charge on any atom is 0.201 e. The first kappa shape index (κ1) is 34.8. The Hall–Kier alpha value is -5.07. The second kappa shape index (κ2) is 16.0. The number of aromatic nitrogens is 3. The topological polar surface area (TPSA) is 150 Å². The summed E-state index contributed by atoms with van der Waals surface area (Å²) >= 11 is 0. The van der Waals surface area contributed by atoms with Crippen molar-refractivity contribution in [3.05, 3.63) is 96.5 Å².